The highest BCUT2D eigenvalue weighted by atomic mass is 32.1. The van der Waals surface area contributed by atoms with E-state index in [2.05, 4.69) is 17.6 Å². The van der Waals surface area contributed by atoms with Crippen molar-refractivity contribution < 1.29 is 4.79 Å². The van der Waals surface area contributed by atoms with E-state index < -0.39 is 0 Å². The molecule has 1 atom stereocenters. The Kier molecular flexibility index (Phi) is 4.91. The second-order valence-corrected chi connectivity index (χ2v) is 5.26. The molecule has 102 valence electrons. The zero-order valence-corrected chi connectivity index (χ0v) is 12.1. The summed E-state index contributed by atoms with van der Waals surface area (Å²) < 4.78 is 0. The first kappa shape index (κ1) is 14.0. The lowest BCUT2D eigenvalue weighted by molar-refractivity contribution is 0.0965. The summed E-state index contributed by atoms with van der Waals surface area (Å²) in [5.74, 6) is 0.235. The predicted molar refractivity (Wildman–Crippen MR) is 81.4 cm³/mol. The summed E-state index contributed by atoms with van der Waals surface area (Å²) in [5, 5.41) is 7.21. The van der Waals surface area contributed by atoms with Crippen LogP contribution in [0.5, 0.6) is 0 Å². The maximum Gasteiger partial charge on any atom is 0.166 e. The molecule has 0 fully saturated rings. The number of rotatable bonds is 4. The average molecular weight is 276 g/mol. The van der Waals surface area contributed by atoms with Crippen LogP contribution in [0.25, 0.3) is 0 Å². The topological polar surface area (TPSA) is 41.1 Å². The van der Waals surface area contributed by atoms with Crippen molar-refractivity contribution >= 4 is 23.1 Å². The van der Waals surface area contributed by atoms with Crippen molar-refractivity contribution in [3.63, 3.8) is 0 Å². The van der Waals surface area contributed by atoms with Crippen molar-refractivity contribution in [2.75, 3.05) is 6.54 Å². The summed E-state index contributed by atoms with van der Waals surface area (Å²) in [4.78, 5) is 11.9. The zero-order chi connectivity index (χ0) is 13.7. The largest absolute Gasteiger partial charge is 0.363 e. The van der Waals surface area contributed by atoms with E-state index in [0.717, 1.165) is 36.9 Å². The van der Waals surface area contributed by atoms with Crippen molar-refractivity contribution in [2.45, 2.75) is 38.6 Å². The molecule has 19 heavy (non-hydrogen) atoms. The van der Waals surface area contributed by atoms with Gasteiger partial charge in [0.2, 0.25) is 0 Å². The quantitative estimate of drug-likeness (QED) is 0.655. The molecular weight excluding hydrogens is 256 g/mol. The fourth-order valence-corrected chi connectivity index (χ4v) is 2.60. The highest BCUT2D eigenvalue weighted by Crippen LogP contribution is 2.29. The highest BCUT2D eigenvalue weighted by Gasteiger charge is 2.25. The van der Waals surface area contributed by atoms with Gasteiger partial charge in [-0.3, -0.25) is 4.79 Å². The third-order valence-corrected chi connectivity index (χ3v) is 3.68. The van der Waals surface area contributed by atoms with Crippen molar-refractivity contribution in [1.82, 2.24) is 10.6 Å². The Bertz CT molecular complexity index is 473. The van der Waals surface area contributed by atoms with Gasteiger partial charge in [0.15, 0.2) is 10.9 Å². The zero-order valence-electron chi connectivity index (χ0n) is 11.2. The molecule has 2 N–H and O–H groups in total. The van der Waals surface area contributed by atoms with E-state index in [4.69, 9.17) is 12.2 Å². The number of hydrogen-bond acceptors (Lipinski definition) is 2. The van der Waals surface area contributed by atoms with Crippen LogP contribution in [0.15, 0.2) is 24.3 Å². The molecule has 0 radical (unpaired) electrons. The van der Waals surface area contributed by atoms with Gasteiger partial charge in [0.1, 0.15) is 0 Å². The molecule has 0 heterocycles. The Labute approximate surface area is 119 Å². The number of fused-ring (bicyclic) bond motifs is 1. The fourth-order valence-electron chi connectivity index (χ4n) is 2.36. The molecule has 0 saturated carbocycles. The molecule has 1 aliphatic rings. The van der Waals surface area contributed by atoms with Gasteiger partial charge in [-0.2, -0.15) is 0 Å². The van der Waals surface area contributed by atoms with Crippen molar-refractivity contribution in [3.05, 3.63) is 35.4 Å². The fraction of sp³-hybridized carbons (Fsp3) is 0.467. The van der Waals surface area contributed by atoms with E-state index >= 15 is 0 Å². The first-order valence-electron chi connectivity index (χ1n) is 6.89. The van der Waals surface area contributed by atoms with E-state index in [1.807, 2.05) is 24.3 Å². The van der Waals surface area contributed by atoms with Crippen LogP contribution < -0.4 is 10.6 Å². The number of nitrogens with one attached hydrogen (secondary N) is 2. The molecule has 3 nitrogen and oxygen atoms in total. The minimum absolute atomic E-state index is 0.149. The Morgan fingerprint density at radius 2 is 2.21 bits per heavy atom. The Morgan fingerprint density at radius 1 is 1.42 bits per heavy atom. The lowest BCUT2D eigenvalue weighted by Crippen LogP contribution is -2.39. The molecule has 0 aliphatic heterocycles. The number of carbonyl (C=O) groups excluding carboxylic acids is 1. The van der Waals surface area contributed by atoms with Crippen LogP contribution in [0.1, 0.15) is 54.6 Å². The lowest BCUT2D eigenvalue weighted by Gasteiger charge is -2.26. The van der Waals surface area contributed by atoms with E-state index in [1.165, 1.54) is 0 Å². The third kappa shape index (κ3) is 3.53. The van der Waals surface area contributed by atoms with E-state index in [9.17, 15) is 4.79 Å². The second kappa shape index (κ2) is 6.66. The summed E-state index contributed by atoms with van der Waals surface area (Å²) in [6, 6.07) is 7.95. The van der Waals surface area contributed by atoms with Crippen LogP contribution in [0.4, 0.5) is 0 Å². The van der Waals surface area contributed by atoms with E-state index in [1.54, 1.807) is 0 Å². The molecule has 4 heteroatoms. The summed E-state index contributed by atoms with van der Waals surface area (Å²) in [5.41, 5.74) is 1.90. The highest BCUT2D eigenvalue weighted by molar-refractivity contribution is 7.80. The van der Waals surface area contributed by atoms with Gasteiger partial charge in [-0.15, -0.1) is 0 Å². The van der Waals surface area contributed by atoms with Crippen LogP contribution in [0.3, 0.4) is 0 Å². The number of benzene rings is 1. The van der Waals surface area contributed by atoms with Crippen molar-refractivity contribution in [2.24, 2.45) is 0 Å². The molecule has 1 unspecified atom stereocenters. The van der Waals surface area contributed by atoms with E-state index in [0.29, 0.717) is 11.5 Å². The van der Waals surface area contributed by atoms with Gasteiger partial charge in [0.25, 0.3) is 0 Å². The van der Waals surface area contributed by atoms with Crippen LogP contribution in [0, 0.1) is 0 Å². The molecule has 1 aliphatic carbocycles. The molecule has 0 aromatic heterocycles. The smallest absolute Gasteiger partial charge is 0.166 e. The second-order valence-electron chi connectivity index (χ2n) is 4.86. The minimum atomic E-state index is 0.149. The van der Waals surface area contributed by atoms with Crippen molar-refractivity contribution in [3.8, 4) is 0 Å². The molecule has 0 bridgehead atoms. The first-order valence-corrected chi connectivity index (χ1v) is 7.29. The van der Waals surface area contributed by atoms with Gasteiger partial charge in [0.05, 0.1) is 6.04 Å². The van der Waals surface area contributed by atoms with E-state index in [-0.39, 0.29) is 11.8 Å². The Hall–Kier alpha value is -1.42. The lowest BCUT2D eigenvalue weighted by atomic mass is 9.87. The maximum absolute atomic E-state index is 11.9. The monoisotopic (exact) mass is 276 g/mol. The van der Waals surface area contributed by atoms with Gasteiger partial charge in [-0.25, -0.2) is 0 Å². The normalized spacial score (nSPS) is 17.7. The molecule has 1 aromatic carbocycles. The summed E-state index contributed by atoms with van der Waals surface area (Å²) in [7, 11) is 0. The molecule has 0 spiro atoms. The van der Waals surface area contributed by atoms with Gasteiger partial charge < -0.3 is 10.6 Å². The summed E-state index contributed by atoms with van der Waals surface area (Å²) in [6.07, 6.45) is 3.66. The number of carbonyl (C=O) groups is 1. The first-order chi connectivity index (χ1) is 9.22. The number of hydrogen-bond donors (Lipinski definition) is 2. The molecule has 0 amide bonds. The van der Waals surface area contributed by atoms with Crippen LogP contribution >= 0.6 is 12.2 Å². The summed E-state index contributed by atoms with van der Waals surface area (Å²) >= 11 is 5.30. The van der Waals surface area contributed by atoms with Gasteiger partial charge in [-0.05, 0) is 30.6 Å². The van der Waals surface area contributed by atoms with Gasteiger partial charge in [-0.1, -0.05) is 37.6 Å². The summed E-state index contributed by atoms with van der Waals surface area (Å²) in [6.45, 7) is 3.05. The number of ketones is 1. The maximum atomic E-state index is 11.9. The third-order valence-electron chi connectivity index (χ3n) is 3.42. The average Bonchev–Trinajstić information content (AvgIpc) is 2.43. The van der Waals surface area contributed by atoms with Crippen LogP contribution in [0.2, 0.25) is 0 Å². The molecular formula is C15H20N2OS. The number of thiocarbonyl (C=S) groups is 1. The van der Waals surface area contributed by atoms with Gasteiger partial charge >= 0.3 is 0 Å². The molecule has 1 aromatic rings. The number of Topliss-reactive ketones (excluding diaryl/α,β-unsaturated/α-hetero) is 1. The molecule has 2 rings (SSSR count). The SMILES string of the molecule is CCCCNC(=S)NC1CCC(=O)c2ccccc21. The van der Waals surface area contributed by atoms with Crippen LogP contribution in [-0.2, 0) is 0 Å². The predicted octanol–water partition coefficient (Wildman–Crippen LogP) is 2.97. The Morgan fingerprint density at radius 3 is 3.00 bits per heavy atom. The van der Waals surface area contributed by atoms with Gasteiger partial charge in [0, 0.05) is 18.5 Å². The number of unbranched alkanes of at least 4 members (excludes halogenated alkanes) is 1. The standard InChI is InChI=1S/C15H20N2OS/c1-2-3-10-16-15(19)17-13-8-9-14(18)12-7-5-4-6-11(12)13/h4-7,13H,2-3,8-10H2,1H3,(H2,16,17,19). The Balaban J connectivity index is 2.00. The molecule has 0 saturated heterocycles. The van der Waals surface area contributed by atoms with Crippen molar-refractivity contribution in [1.29, 1.82) is 0 Å². The minimum Gasteiger partial charge on any atom is -0.363 e. The van der Waals surface area contributed by atoms with Crippen LogP contribution in [-0.4, -0.2) is 17.4 Å².